The zero-order valence-corrected chi connectivity index (χ0v) is 21.0. The van der Waals surface area contributed by atoms with Crippen LogP contribution >= 0.6 is 35.3 Å². The second-order valence-electron chi connectivity index (χ2n) is 6.13. The second-order valence-corrected chi connectivity index (χ2v) is 14.8. The van der Waals surface area contributed by atoms with E-state index in [0.29, 0.717) is 0 Å². The first kappa shape index (κ1) is 22.0. The van der Waals surface area contributed by atoms with Crippen LogP contribution < -0.4 is 13.1 Å². The van der Waals surface area contributed by atoms with Crippen LogP contribution in [0.15, 0.2) is 87.5 Å². The topological polar surface area (TPSA) is 0 Å². The molecule has 146 valence electrons. The van der Waals surface area contributed by atoms with Gasteiger partial charge in [-0.1, -0.05) is 0 Å². The van der Waals surface area contributed by atoms with E-state index in [1.807, 2.05) is 35.3 Å². The van der Waals surface area contributed by atoms with Gasteiger partial charge >= 0.3 is 189 Å². The standard InChI is InChI=1S/C24H27AsS3/c1-4-26-22-13-7-10-19(16-22)25(20-11-8-14-23(17-20)27-5-2)21-12-9-15-24(18-21)28-6-3/h7-18H,4-6H2,1-3H3. The molecule has 3 aromatic rings. The Morgan fingerprint density at radius 1 is 0.536 bits per heavy atom. The van der Waals surface area contributed by atoms with Gasteiger partial charge in [0.2, 0.25) is 0 Å². The molecule has 0 radical (unpaired) electrons. The van der Waals surface area contributed by atoms with E-state index >= 15 is 0 Å². The Labute approximate surface area is 187 Å². The maximum absolute atomic E-state index is 2.44. The average molecular weight is 487 g/mol. The van der Waals surface area contributed by atoms with Crippen LogP contribution in [0.4, 0.5) is 0 Å². The molecule has 0 nitrogen and oxygen atoms in total. The van der Waals surface area contributed by atoms with Crippen LogP contribution in [0.2, 0.25) is 0 Å². The molecule has 0 aliphatic heterocycles. The van der Waals surface area contributed by atoms with Gasteiger partial charge in [-0.3, -0.25) is 0 Å². The predicted molar refractivity (Wildman–Crippen MR) is 133 cm³/mol. The Hall–Kier alpha value is -0.732. The summed E-state index contributed by atoms with van der Waals surface area (Å²) in [7, 11) is 0. The van der Waals surface area contributed by atoms with Crippen molar-refractivity contribution in [2.45, 2.75) is 35.5 Å². The summed E-state index contributed by atoms with van der Waals surface area (Å²) in [6, 6.07) is 27.8. The molecule has 0 fully saturated rings. The van der Waals surface area contributed by atoms with E-state index < -0.39 is 14.7 Å². The van der Waals surface area contributed by atoms with E-state index in [9.17, 15) is 0 Å². The zero-order chi connectivity index (χ0) is 19.8. The zero-order valence-electron chi connectivity index (χ0n) is 16.7. The molecule has 0 aromatic heterocycles. The molecule has 3 aromatic carbocycles. The molecule has 28 heavy (non-hydrogen) atoms. The van der Waals surface area contributed by atoms with Crippen LogP contribution in [0.25, 0.3) is 0 Å². The molecule has 0 bridgehead atoms. The minimum absolute atomic E-state index is 1.11. The molecule has 3 rings (SSSR count). The summed E-state index contributed by atoms with van der Waals surface area (Å²) in [5, 5.41) is 0. The van der Waals surface area contributed by atoms with Crippen LogP contribution in [0.5, 0.6) is 0 Å². The van der Waals surface area contributed by atoms with E-state index in [1.165, 1.54) is 27.7 Å². The fourth-order valence-electron chi connectivity index (χ4n) is 3.08. The van der Waals surface area contributed by atoms with Crippen molar-refractivity contribution in [2.24, 2.45) is 0 Å². The summed E-state index contributed by atoms with van der Waals surface area (Å²) in [6.07, 6.45) is 0. The summed E-state index contributed by atoms with van der Waals surface area (Å²) in [5.41, 5.74) is 0. The van der Waals surface area contributed by atoms with Gasteiger partial charge < -0.3 is 0 Å². The number of hydrogen-bond acceptors (Lipinski definition) is 3. The third kappa shape index (κ3) is 5.89. The van der Waals surface area contributed by atoms with Gasteiger partial charge in [-0.25, -0.2) is 0 Å². The molecule has 0 aliphatic rings. The fraction of sp³-hybridized carbons (Fsp3) is 0.250. The second kappa shape index (κ2) is 11.5. The Bertz CT molecular complexity index is 777. The molecular weight excluding hydrogens is 459 g/mol. The Balaban J connectivity index is 2.10. The van der Waals surface area contributed by atoms with Gasteiger partial charge in [-0.05, 0) is 0 Å². The number of rotatable bonds is 9. The van der Waals surface area contributed by atoms with Crippen molar-refractivity contribution >= 4 is 63.0 Å². The molecule has 0 heterocycles. The van der Waals surface area contributed by atoms with Gasteiger partial charge in [0, 0.05) is 0 Å². The first-order valence-corrected chi connectivity index (χ1v) is 15.5. The molecule has 0 aliphatic carbocycles. The normalized spacial score (nSPS) is 11.1. The summed E-state index contributed by atoms with van der Waals surface area (Å²) < 4.78 is 4.55. The van der Waals surface area contributed by atoms with Gasteiger partial charge in [0.05, 0.1) is 0 Å². The molecule has 0 saturated heterocycles. The molecule has 0 atom stereocenters. The fourth-order valence-corrected chi connectivity index (χ4v) is 10.9. The third-order valence-electron chi connectivity index (χ3n) is 4.16. The van der Waals surface area contributed by atoms with E-state index in [0.717, 1.165) is 17.3 Å². The molecule has 0 spiro atoms. The average Bonchev–Trinajstić information content (AvgIpc) is 2.70. The van der Waals surface area contributed by atoms with Gasteiger partial charge in [0.1, 0.15) is 0 Å². The predicted octanol–water partition coefficient (Wildman–Crippen LogP) is 5.54. The summed E-state index contributed by atoms with van der Waals surface area (Å²) in [4.78, 5) is 4.16. The third-order valence-corrected chi connectivity index (χ3v) is 11.8. The van der Waals surface area contributed by atoms with E-state index in [1.54, 1.807) is 0 Å². The van der Waals surface area contributed by atoms with Crippen LogP contribution in [-0.2, 0) is 0 Å². The molecular formula is C24H27AsS3. The van der Waals surface area contributed by atoms with Crippen molar-refractivity contribution in [3.8, 4) is 0 Å². The van der Waals surface area contributed by atoms with Gasteiger partial charge in [0.25, 0.3) is 0 Å². The maximum atomic E-state index is 2.44. The Kier molecular flexibility index (Phi) is 8.98. The van der Waals surface area contributed by atoms with Crippen molar-refractivity contribution in [3.05, 3.63) is 72.8 Å². The molecule has 0 N–H and O–H groups in total. The molecule has 0 unspecified atom stereocenters. The SMILES string of the molecule is CCSc1cccc([As](c2cccc(SCC)c2)c2cccc(SCC)c2)c1. The summed E-state index contributed by atoms with van der Waals surface area (Å²) in [6.45, 7) is 6.68. The Morgan fingerprint density at radius 2 is 0.857 bits per heavy atom. The number of thioether (sulfide) groups is 3. The first-order chi connectivity index (χ1) is 13.7. The van der Waals surface area contributed by atoms with Crippen molar-refractivity contribution < 1.29 is 0 Å². The van der Waals surface area contributed by atoms with Crippen molar-refractivity contribution in [1.82, 2.24) is 0 Å². The van der Waals surface area contributed by atoms with Crippen molar-refractivity contribution in [2.75, 3.05) is 17.3 Å². The van der Waals surface area contributed by atoms with E-state index in [-0.39, 0.29) is 0 Å². The Morgan fingerprint density at radius 3 is 1.14 bits per heavy atom. The van der Waals surface area contributed by atoms with E-state index in [4.69, 9.17) is 0 Å². The van der Waals surface area contributed by atoms with Crippen molar-refractivity contribution in [1.29, 1.82) is 0 Å². The van der Waals surface area contributed by atoms with Gasteiger partial charge in [0.15, 0.2) is 0 Å². The van der Waals surface area contributed by atoms with Crippen molar-refractivity contribution in [3.63, 3.8) is 0 Å². The minimum atomic E-state index is -1.60. The first-order valence-electron chi connectivity index (χ1n) is 9.73. The van der Waals surface area contributed by atoms with Gasteiger partial charge in [-0.2, -0.15) is 0 Å². The summed E-state index contributed by atoms with van der Waals surface area (Å²) >= 11 is 4.21. The monoisotopic (exact) mass is 486 g/mol. The van der Waals surface area contributed by atoms with Crippen LogP contribution in [0.3, 0.4) is 0 Å². The molecule has 4 heteroatoms. The quantitative estimate of drug-likeness (QED) is 0.288. The van der Waals surface area contributed by atoms with Crippen LogP contribution in [0.1, 0.15) is 20.8 Å². The number of benzene rings is 3. The number of hydrogen-bond donors (Lipinski definition) is 0. The van der Waals surface area contributed by atoms with Crippen LogP contribution in [0, 0.1) is 0 Å². The molecule has 0 saturated carbocycles. The van der Waals surface area contributed by atoms with E-state index in [2.05, 4.69) is 93.6 Å². The van der Waals surface area contributed by atoms with Crippen LogP contribution in [-0.4, -0.2) is 31.9 Å². The summed E-state index contributed by atoms with van der Waals surface area (Å²) in [5.74, 6) is 3.34. The molecule has 0 amide bonds. The van der Waals surface area contributed by atoms with Gasteiger partial charge in [-0.15, -0.1) is 0 Å².